The Balaban J connectivity index is 2.49. The van der Waals surface area contributed by atoms with Gasteiger partial charge >= 0.3 is 0 Å². The molecule has 0 bridgehead atoms. The molecule has 2 rings (SSSR count). The standard InChI is InChI=1S/C15H22N2/c1-4-6-11-15-16-13-9-7-8-10-14(13)17(15)12(3)5-2/h7-10,12H,4-6,11H2,1-3H3. The minimum absolute atomic E-state index is 0.536. The summed E-state index contributed by atoms with van der Waals surface area (Å²) >= 11 is 0. The van der Waals surface area contributed by atoms with Crippen LogP contribution in [0.4, 0.5) is 0 Å². The Kier molecular flexibility index (Phi) is 3.82. The van der Waals surface area contributed by atoms with Crippen molar-refractivity contribution in [2.75, 3.05) is 0 Å². The minimum Gasteiger partial charge on any atom is -0.325 e. The van der Waals surface area contributed by atoms with E-state index in [0.717, 1.165) is 18.4 Å². The highest BCUT2D eigenvalue weighted by atomic mass is 15.1. The maximum Gasteiger partial charge on any atom is 0.110 e. The summed E-state index contributed by atoms with van der Waals surface area (Å²) < 4.78 is 2.42. The molecule has 0 saturated carbocycles. The van der Waals surface area contributed by atoms with Gasteiger partial charge in [-0.05, 0) is 31.9 Å². The Bertz CT molecular complexity index is 485. The van der Waals surface area contributed by atoms with E-state index in [2.05, 4.69) is 49.6 Å². The molecule has 92 valence electrons. The largest absolute Gasteiger partial charge is 0.325 e. The van der Waals surface area contributed by atoms with E-state index in [1.165, 1.54) is 24.2 Å². The van der Waals surface area contributed by atoms with Gasteiger partial charge in [0.1, 0.15) is 5.82 Å². The lowest BCUT2D eigenvalue weighted by Gasteiger charge is -2.15. The van der Waals surface area contributed by atoms with Crippen molar-refractivity contribution in [3.05, 3.63) is 30.1 Å². The predicted molar refractivity (Wildman–Crippen MR) is 73.3 cm³/mol. The van der Waals surface area contributed by atoms with Gasteiger partial charge in [-0.15, -0.1) is 0 Å². The van der Waals surface area contributed by atoms with Crippen LogP contribution in [-0.4, -0.2) is 9.55 Å². The number of benzene rings is 1. The minimum atomic E-state index is 0.536. The van der Waals surface area contributed by atoms with Gasteiger partial charge in [0, 0.05) is 12.5 Å². The third kappa shape index (κ3) is 2.36. The number of imidazole rings is 1. The van der Waals surface area contributed by atoms with E-state index in [0.29, 0.717) is 6.04 Å². The first-order chi connectivity index (χ1) is 8.27. The molecular formula is C15H22N2. The summed E-state index contributed by atoms with van der Waals surface area (Å²) in [6.45, 7) is 6.75. The molecule has 0 N–H and O–H groups in total. The summed E-state index contributed by atoms with van der Waals surface area (Å²) in [5.41, 5.74) is 2.42. The van der Waals surface area contributed by atoms with Crippen LogP contribution in [0, 0.1) is 0 Å². The highest BCUT2D eigenvalue weighted by Gasteiger charge is 2.13. The lowest BCUT2D eigenvalue weighted by molar-refractivity contribution is 0.517. The second kappa shape index (κ2) is 5.35. The molecule has 0 aliphatic heterocycles. The predicted octanol–water partition coefficient (Wildman–Crippen LogP) is 4.35. The number of aryl methyl sites for hydroxylation is 1. The second-order valence-electron chi connectivity index (χ2n) is 4.75. The fourth-order valence-electron chi connectivity index (χ4n) is 2.28. The topological polar surface area (TPSA) is 17.8 Å². The van der Waals surface area contributed by atoms with E-state index in [9.17, 15) is 0 Å². The van der Waals surface area contributed by atoms with Crippen molar-refractivity contribution in [2.45, 2.75) is 52.5 Å². The molecule has 0 fully saturated rings. The SMILES string of the molecule is CCCCc1nc2ccccc2n1C(C)CC. The summed E-state index contributed by atoms with van der Waals surface area (Å²) in [4.78, 5) is 4.78. The highest BCUT2D eigenvalue weighted by molar-refractivity contribution is 5.76. The molecule has 0 aliphatic carbocycles. The molecule has 2 nitrogen and oxygen atoms in total. The molecule has 0 amide bonds. The van der Waals surface area contributed by atoms with Crippen molar-refractivity contribution >= 4 is 11.0 Å². The molecule has 1 aromatic carbocycles. The lowest BCUT2D eigenvalue weighted by Crippen LogP contribution is -2.08. The number of rotatable bonds is 5. The monoisotopic (exact) mass is 230 g/mol. The van der Waals surface area contributed by atoms with Gasteiger partial charge in [-0.2, -0.15) is 0 Å². The Hall–Kier alpha value is -1.31. The molecule has 0 aliphatic rings. The highest BCUT2D eigenvalue weighted by Crippen LogP contribution is 2.23. The van der Waals surface area contributed by atoms with Crippen molar-refractivity contribution < 1.29 is 0 Å². The van der Waals surface area contributed by atoms with E-state index in [-0.39, 0.29) is 0 Å². The third-order valence-corrected chi connectivity index (χ3v) is 3.45. The normalized spacial score (nSPS) is 13.1. The molecule has 0 saturated heterocycles. The quantitative estimate of drug-likeness (QED) is 0.746. The summed E-state index contributed by atoms with van der Waals surface area (Å²) in [6.07, 6.45) is 4.69. The van der Waals surface area contributed by atoms with Crippen molar-refractivity contribution in [3.63, 3.8) is 0 Å². The van der Waals surface area contributed by atoms with Crippen molar-refractivity contribution in [1.82, 2.24) is 9.55 Å². The first-order valence-corrected chi connectivity index (χ1v) is 6.73. The molecule has 1 unspecified atom stereocenters. The third-order valence-electron chi connectivity index (χ3n) is 3.45. The summed E-state index contributed by atoms with van der Waals surface area (Å²) in [7, 11) is 0. The first kappa shape index (κ1) is 12.2. The van der Waals surface area contributed by atoms with Crippen LogP contribution in [0.1, 0.15) is 51.9 Å². The number of fused-ring (bicyclic) bond motifs is 1. The number of hydrogen-bond donors (Lipinski definition) is 0. The Morgan fingerprint density at radius 3 is 2.71 bits per heavy atom. The fraction of sp³-hybridized carbons (Fsp3) is 0.533. The summed E-state index contributed by atoms with van der Waals surface area (Å²) in [5, 5.41) is 0. The first-order valence-electron chi connectivity index (χ1n) is 6.73. The van der Waals surface area contributed by atoms with Crippen molar-refractivity contribution in [2.24, 2.45) is 0 Å². The zero-order valence-corrected chi connectivity index (χ0v) is 11.1. The number of unbranched alkanes of at least 4 members (excludes halogenated alkanes) is 1. The van der Waals surface area contributed by atoms with Gasteiger partial charge in [-0.3, -0.25) is 0 Å². The molecule has 17 heavy (non-hydrogen) atoms. The number of para-hydroxylation sites is 2. The molecule has 1 heterocycles. The van der Waals surface area contributed by atoms with Gasteiger partial charge in [-0.1, -0.05) is 32.4 Å². The van der Waals surface area contributed by atoms with Crippen LogP contribution < -0.4 is 0 Å². The van der Waals surface area contributed by atoms with Gasteiger partial charge in [0.2, 0.25) is 0 Å². The van der Waals surface area contributed by atoms with Gasteiger partial charge in [-0.25, -0.2) is 4.98 Å². The second-order valence-corrected chi connectivity index (χ2v) is 4.75. The number of hydrogen-bond acceptors (Lipinski definition) is 1. The van der Waals surface area contributed by atoms with Gasteiger partial charge in [0.15, 0.2) is 0 Å². The van der Waals surface area contributed by atoms with Crippen molar-refractivity contribution in [3.8, 4) is 0 Å². The van der Waals surface area contributed by atoms with E-state index >= 15 is 0 Å². The maximum atomic E-state index is 4.78. The molecule has 1 atom stereocenters. The van der Waals surface area contributed by atoms with E-state index in [4.69, 9.17) is 4.98 Å². The molecule has 1 aromatic heterocycles. The average molecular weight is 230 g/mol. The zero-order valence-electron chi connectivity index (χ0n) is 11.1. The van der Waals surface area contributed by atoms with Crippen LogP contribution in [-0.2, 0) is 6.42 Å². The Morgan fingerprint density at radius 1 is 1.24 bits per heavy atom. The van der Waals surface area contributed by atoms with Gasteiger partial charge < -0.3 is 4.57 Å². The lowest BCUT2D eigenvalue weighted by atomic mass is 10.2. The zero-order chi connectivity index (χ0) is 12.3. The van der Waals surface area contributed by atoms with E-state index < -0.39 is 0 Å². The number of nitrogens with zero attached hydrogens (tertiary/aromatic N) is 2. The van der Waals surface area contributed by atoms with Crippen LogP contribution >= 0.6 is 0 Å². The maximum absolute atomic E-state index is 4.78. The van der Waals surface area contributed by atoms with Gasteiger partial charge in [0.25, 0.3) is 0 Å². The van der Waals surface area contributed by atoms with Crippen molar-refractivity contribution in [1.29, 1.82) is 0 Å². The molecule has 0 spiro atoms. The van der Waals surface area contributed by atoms with Crippen LogP contribution in [0.3, 0.4) is 0 Å². The molecule has 0 radical (unpaired) electrons. The molecule has 2 heteroatoms. The molecular weight excluding hydrogens is 208 g/mol. The number of aromatic nitrogens is 2. The van der Waals surface area contributed by atoms with Gasteiger partial charge in [0.05, 0.1) is 11.0 Å². The fourth-order valence-corrected chi connectivity index (χ4v) is 2.28. The van der Waals surface area contributed by atoms with Crippen LogP contribution in [0.5, 0.6) is 0 Å². The van der Waals surface area contributed by atoms with Crippen LogP contribution in [0.2, 0.25) is 0 Å². The average Bonchev–Trinajstić information content (AvgIpc) is 2.73. The smallest absolute Gasteiger partial charge is 0.110 e. The summed E-state index contributed by atoms with van der Waals surface area (Å²) in [5.74, 6) is 1.25. The summed E-state index contributed by atoms with van der Waals surface area (Å²) in [6, 6.07) is 9.01. The Morgan fingerprint density at radius 2 is 2.00 bits per heavy atom. The van der Waals surface area contributed by atoms with Crippen LogP contribution in [0.15, 0.2) is 24.3 Å². The van der Waals surface area contributed by atoms with Crippen LogP contribution in [0.25, 0.3) is 11.0 Å². The van der Waals surface area contributed by atoms with E-state index in [1.54, 1.807) is 0 Å². The van der Waals surface area contributed by atoms with E-state index in [1.807, 2.05) is 0 Å². The molecule has 2 aromatic rings. The Labute approximate surface area is 104 Å².